The Morgan fingerprint density at radius 2 is 1.19 bits per heavy atom. The fourth-order valence-electron chi connectivity index (χ4n) is 5.56. The van der Waals surface area contributed by atoms with Crippen molar-refractivity contribution in [2.45, 2.75) is 0 Å². The van der Waals surface area contributed by atoms with Crippen LogP contribution in [0.4, 0.5) is 0 Å². The van der Waals surface area contributed by atoms with Crippen molar-refractivity contribution in [2.75, 3.05) is 0 Å². The first-order valence-electron chi connectivity index (χ1n) is 13.9. The van der Waals surface area contributed by atoms with Crippen molar-refractivity contribution in [1.29, 1.82) is 10.8 Å². The smallest absolute Gasteiger partial charge is 0.0612 e. The summed E-state index contributed by atoms with van der Waals surface area (Å²) in [5.74, 6) is 0. The maximum Gasteiger partial charge on any atom is 0.0612 e. The highest BCUT2D eigenvalue weighted by atomic mass is 14.4. The van der Waals surface area contributed by atoms with Gasteiger partial charge in [-0.05, 0) is 84.4 Å². The van der Waals surface area contributed by atoms with Crippen molar-refractivity contribution >= 4 is 43.7 Å². The van der Waals surface area contributed by atoms with Gasteiger partial charge in [0.1, 0.15) is 0 Å². The Balaban J connectivity index is 1.58. The van der Waals surface area contributed by atoms with Crippen LogP contribution < -0.4 is 0 Å². The quantitative estimate of drug-likeness (QED) is 0.110. The molecule has 42 heavy (non-hydrogen) atoms. The molecular weight excluding hydrogens is 508 g/mol. The minimum atomic E-state index is 0.287. The van der Waals surface area contributed by atoms with Gasteiger partial charge in [-0.2, -0.15) is 0 Å². The summed E-state index contributed by atoms with van der Waals surface area (Å²) in [7, 11) is 0. The summed E-state index contributed by atoms with van der Waals surface area (Å²) in [6.45, 7) is 7.64. The van der Waals surface area contributed by atoms with Crippen molar-refractivity contribution in [3.05, 3.63) is 170 Å². The van der Waals surface area contributed by atoms with Crippen LogP contribution in [0.15, 0.2) is 164 Å². The number of hydrogen-bond acceptors (Lipinski definition) is 2. The molecule has 0 aliphatic heterocycles. The molecule has 0 radical (unpaired) electrons. The first-order chi connectivity index (χ1) is 20.5. The molecule has 0 atom stereocenters. The van der Waals surface area contributed by atoms with Gasteiger partial charge in [0.2, 0.25) is 0 Å². The van der Waals surface area contributed by atoms with Gasteiger partial charge in [-0.1, -0.05) is 135 Å². The average Bonchev–Trinajstić information content (AvgIpc) is 3.04. The number of nitrogens with one attached hydrogen (secondary N) is 2. The van der Waals surface area contributed by atoms with E-state index in [-0.39, 0.29) is 5.71 Å². The van der Waals surface area contributed by atoms with Gasteiger partial charge in [-0.15, -0.1) is 0 Å². The maximum atomic E-state index is 8.89. The summed E-state index contributed by atoms with van der Waals surface area (Å²) in [4.78, 5) is 0. The van der Waals surface area contributed by atoms with Crippen molar-refractivity contribution in [3.8, 4) is 22.3 Å². The van der Waals surface area contributed by atoms with E-state index in [4.69, 9.17) is 10.8 Å². The molecule has 0 unspecified atom stereocenters. The molecule has 2 heteroatoms. The Bertz CT molecular complexity index is 2090. The Labute approximate surface area is 246 Å². The van der Waals surface area contributed by atoms with Crippen LogP contribution in [0.25, 0.3) is 54.6 Å². The molecule has 6 aromatic carbocycles. The normalized spacial score (nSPS) is 11.5. The molecule has 2 N–H and O–H groups in total. The Morgan fingerprint density at radius 3 is 1.93 bits per heavy atom. The van der Waals surface area contributed by atoms with Crippen LogP contribution >= 0.6 is 0 Å². The molecule has 0 aliphatic rings. The summed E-state index contributed by atoms with van der Waals surface area (Å²) in [5.41, 5.74) is 6.64. The third kappa shape index (κ3) is 5.02. The highest BCUT2D eigenvalue weighted by Crippen LogP contribution is 2.44. The second-order valence-electron chi connectivity index (χ2n) is 10.3. The first kappa shape index (κ1) is 26.6. The molecule has 0 heterocycles. The van der Waals surface area contributed by atoms with Gasteiger partial charge in [0.05, 0.1) is 11.4 Å². The zero-order valence-electron chi connectivity index (χ0n) is 23.3. The minimum absolute atomic E-state index is 0.287. The van der Waals surface area contributed by atoms with E-state index in [1.165, 1.54) is 32.7 Å². The van der Waals surface area contributed by atoms with Crippen LogP contribution in [0.1, 0.15) is 5.56 Å². The van der Waals surface area contributed by atoms with Crippen LogP contribution in [0.2, 0.25) is 0 Å². The van der Waals surface area contributed by atoms with Crippen molar-refractivity contribution in [1.82, 2.24) is 0 Å². The lowest BCUT2D eigenvalue weighted by molar-refractivity contribution is 1.49. The summed E-state index contributed by atoms with van der Waals surface area (Å²) in [6, 6.07) is 40.6. The lowest BCUT2D eigenvalue weighted by atomic mass is 9.84. The van der Waals surface area contributed by atoms with Crippen LogP contribution in [-0.2, 0) is 0 Å². The zero-order chi connectivity index (χ0) is 29.1. The molecule has 0 bridgehead atoms. The predicted molar refractivity (Wildman–Crippen MR) is 182 cm³/mol. The fourth-order valence-corrected chi connectivity index (χ4v) is 5.56. The predicted octanol–water partition coefficient (Wildman–Crippen LogP) is 10.7. The van der Waals surface area contributed by atoms with Crippen LogP contribution in [0.3, 0.4) is 0 Å². The highest BCUT2D eigenvalue weighted by Gasteiger charge is 2.17. The van der Waals surface area contributed by atoms with Crippen molar-refractivity contribution in [2.24, 2.45) is 0 Å². The summed E-state index contributed by atoms with van der Waals surface area (Å²) in [6.07, 6.45) is 8.42. The van der Waals surface area contributed by atoms with Crippen molar-refractivity contribution < 1.29 is 0 Å². The van der Waals surface area contributed by atoms with E-state index in [1.807, 2.05) is 12.1 Å². The Morgan fingerprint density at radius 1 is 0.548 bits per heavy atom. The van der Waals surface area contributed by atoms with Gasteiger partial charge >= 0.3 is 0 Å². The van der Waals surface area contributed by atoms with Gasteiger partial charge in [-0.25, -0.2) is 0 Å². The third-order valence-electron chi connectivity index (χ3n) is 7.63. The van der Waals surface area contributed by atoms with Crippen molar-refractivity contribution in [3.63, 3.8) is 0 Å². The molecule has 0 spiro atoms. The second-order valence-corrected chi connectivity index (χ2v) is 10.3. The fraction of sp³-hybridized carbons (Fsp3) is 0. The molecule has 0 fully saturated rings. The lowest BCUT2D eigenvalue weighted by Crippen LogP contribution is -1.98. The third-order valence-corrected chi connectivity index (χ3v) is 7.63. The van der Waals surface area contributed by atoms with E-state index in [2.05, 4.69) is 116 Å². The second kappa shape index (κ2) is 11.5. The van der Waals surface area contributed by atoms with E-state index in [0.717, 1.165) is 27.5 Å². The van der Waals surface area contributed by atoms with Gasteiger partial charge in [0.15, 0.2) is 0 Å². The molecule has 6 aromatic rings. The van der Waals surface area contributed by atoms with E-state index in [0.29, 0.717) is 11.3 Å². The molecule has 2 nitrogen and oxygen atoms in total. The summed E-state index contributed by atoms with van der Waals surface area (Å²) in [5, 5.41) is 24.1. The summed E-state index contributed by atoms with van der Waals surface area (Å²) < 4.78 is 0. The molecule has 200 valence electrons. The largest absolute Gasteiger partial charge is 0.300 e. The maximum absolute atomic E-state index is 8.89. The van der Waals surface area contributed by atoms with Gasteiger partial charge in [-0.3, -0.25) is 0 Å². The lowest BCUT2D eigenvalue weighted by Gasteiger charge is -2.19. The average molecular weight is 539 g/mol. The molecule has 0 amide bonds. The van der Waals surface area contributed by atoms with Crippen LogP contribution in [-0.4, -0.2) is 11.4 Å². The number of allylic oxidation sites excluding steroid dienone is 6. The minimum Gasteiger partial charge on any atom is -0.300 e. The number of benzene rings is 6. The van der Waals surface area contributed by atoms with Crippen LogP contribution in [0.5, 0.6) is 0 Å². The van der Waals surface area contributed by atoms with Gasteiger partial charge < -0.3 is 10.8 Å². The first-order valence-corrected chi connectivity index (χ1v) is 13.9. The Hall–Kier alpha value is -5.60. The molecule has 0 saturated carbocycles. The Kier molecular flexibility index (Phi) is 7.28. The number of rotatable bonds is 8. The van der Waals surface area contributed by atoms with E-state index >= 15 is 0 Å². The van der Waals surface area contributed by atoms with Gasteiger partial charge in [0.25, 0.3) is 0 Å². The standard InChI is InChI=1S/C40H30N2/c1-3-4-18-37(41)27(2)19-24-38(42)31-22-23-35-36(26-31)39(29-13-6-5-7-14-29)33-16-10-11-17-34(33)40(35)32-21-20-28-12-8-9-15-30(28)25-32/h3-26,41-42H,1-2H2/b18-4-,24-19-,41-37?,42-38?. The van der Waals surface area contributed by atoms with Gasteiger partial charge in [0, 0.05) is 5.56 Å². The molecule has 0 aromatic heterocycles. The molecular formula is C40H30N2. The summed E-state index contributed by atoms with van der Waals surface area (Å²) >= 11 is 0. The monoisotopic (exact) mass is 538 g/mol. The van der Waals surface area contributed by atoms with E-state index in [9.17, 15) is 0 Å². The van der Waals surface area contributed by atoms with E-state index < -0.39 is 0 Å². The van der Waals surface area contributed by atoms with E-state index in [1.54, 1.807) is 30.4 Å². The number of fused-ring (bicyclic) bond motifs is 3. The highest BCUT2D eigenvalue weighted by molar-refractivity contribution is 6.23. The SMILES string of the molecule is C=C/C=C\C(=N)C(=C)/C=C\C(=N)c1ccc2c(-c3ccc4ccccc4c3)c3ccccc3c(-c3ccccc3)c2c1. The van der Waals surface area contributed by atoms with Crippen LogP contribution in [0, 0.1) is 10.8 Å². The number of hydrogen-bond donors (Lipinski definition) is 2. The molecule has 0 aliphatic carbocycles. The zero-order valence-corrected chi connectivity index (χ0v) is 23.3. The molecule has 0 saturated heterocycles. The topological polar surface area (TPSA) is 47.7 Å². The molecule has 6 rings (SSSR count).